The summed E-state index contributed by atoms with van der Waals surface area (Å²) in [4.78, 5) is 14.8. The average Bonchev–Trinajstić information content (AvgIpc) is 2.69. The van der Waals surface area contributed by atoms with Gasteiger partial charge in [0.25, 0.3) is 5.91 Å². The van der Waals surface area contributed by atoms with Crippen LogP contribution in [-0.2, 0) is 4.79 Å². The lowest BCUT2D eigenvalue weighted by Gasteiger charge is -2.34. The third-order valence-corrected chi connectivity index (χ3v) is 4.69. The van der Waals surface area contributed by atoms with E-state index in [4.69, 9.17) is 4.74 Å². The lowest BCUT2D eigenvalue weighted by Crippen LogP contribution is -2.46. The fourth-order valence-corrected chi connectivity index (χ4v) is 3.13. The summed E-state index contributed by atoms with van der Waals surface area (Å²) in [6.45, 7) is 1.27. The Balaban J connectivity index is 1.81. The van der Waals surface area contributed by atoms with Crippen molar-refractivity contribution in [3.63, 3.8) is 0 Å². The molecule has 0 aliphatic carbocycles. The maximum atomic E-state index is 13.5. The number of hydrogen-bond donors (Lipinski definition) is 1. The minimum Gasteiger partial charge on any atom is -0.476 e. The Labute approximate surface area is 151 Å². The first kappa shape index (κ1) is 18.3. The number of carbonyl (C=O) groups is 1. The van der Waals surface area contributed by atoms with Gasteiger partial charge in [-0.2, -0.15) is 0 Å². The second-order valence-electron chi connectivity index (χ2n) is 6.37. The molecule has 26 heavy (non-hydrogen) atoms. The second kappa shape index (κ2) is 8.27. The molecular formula is C20H22F2N2O2. The first-order chi connectivity index (χ1) is 12.6. The Morgan fingerprint density at radius 2 is 1.81 bits per heavy atom. The minimum absolute atomic E-state index is 0.121. The summed E-state index contributed by atoms with van der Waals surface area (Å²) in [5.41, 5.74) is 0.679. The Morgan fingerprint density at radius 3 is 2.42 bits per heavy atom. The molecule has 1 aliphatic heterocycles. The van der Waals surface area contributed by atoms with Crippen LogP contribution in [0, 0.1) is 11.6 Å². The van der Waals surface area contributed by atoms with Crippen LogP contribution < -0.4 is 10.1 Å². The van der Waals surface area contributed by atoms with Gasteiger partial charge in [0.15, 0.2) is 11.6 Å². The highest BCUT2D eigenvalue weighted by Gasteiger charge is 2.30. The van der Waals surface area contributed by atoms with Crippen LogP contribution in [0.15, 0.2) is 48.5 Å². The molecule has 2 aromatic rings. The van der Waals surface area contributed by atoms with Crippen LogP contribution in [0.2, 0.25) is 0 Å². The van der Waals surface area contributed by atoms with Gasteiger partial charge in [-0.15, -0.1) is 0 Å². The van der Waals surface area contributed by atoms with Gasteiger partial charge in [0.2, 0.25) is 6.10 Å². The minimum atomic E-state index is -1.00. The van der Waals surface area contributed by atoms with Crippen LogP contribution in [0.25, 0.3) is 0 Å². The molecule has 2 aromatic carbocycles. The fraction of sp³-hybridized carbons (Fsp3) is 0.350. The zero-order valence-electron chi connectivity index (χ0n) is 14.6. The molecule has 1 fully saturated rings. The number of rotatable bonds is 5. The predicted octanol–water partition coefficient (Wildman–Crippen LogP) is 3.30. The zero-order valence-corrected chi connectivity index (χ0v) is 14.6. The van der Waals surface area contributed by atoms with Gasteiger partial charge in [-0.1, -0.05) is 30.3 Å². The number of carbonyl (C=O) groups excluding carboxylic acids is 1. The predicted molar refractivity (Wildman–Crippen MR) is 94.8 cm³/mol. The smallest absolute Gasteiger partial charge is 0.268 e. The van der Waals surface area contributed by atoms with E-state index in [0.717, 1.165) is 25.0 Å². The molecule has 0 spiro atoms. The van der Waals surface area contributed by atoms with E-state index in [2.05, 4.69) is 5.32 Å². The molecule has 138 valence electrons. The normalized spacial score (nSPS) is 16.3. The molecule has 1 unspecified atom stereocenters. The summed E-state index contributed by atoms with van der Waals surface area (Å²) in [5.74, 6) is -2.00. The first-order valence-electron chi connectivity index (χ1n) is 8.71. The Bertz CT molecular complexity index is 747. The van der Waals surface area contributed by atoms with Crippen molar-refractivity contribution >= 4 is 5.91 Å². The van der Waals surface area contributed by atoms with Crippen LogP contribution >= 0.6 is 0 Å². The number of likely N-dealkylation sites (tertiary alicyclic amines) is 1. The summed E-state index contributed by atoms with van der Waals surface area (Å²) in [6.07, 6.45) is 0.844. The third kappa shape index (κ3) is 4.19. The Morgan fingerprint density at radius 1 is 1.12 bits per heavy atom. The summed E-state index contributed by atoms with van der Waals surface area (Å²) < 4.78 is 32.5. The van der Waals surface area contributed by atoms with Crippen molar-refractivity contribution in [2.45, 2.75) is 25.0 Å². The van der Waals surface area contributed by atoms with Crippen molar-refractivity contribution in [1.82, 2.24) is 10.2 Å². The molecule has 3 rings (SSSR count). The van der Waals surface area contributed by atoms with Gasteiger partial charge in [-0.25, -0.2) is 8.78 Å². The summed E-state index contributed by atoms with van der Waals surface area (Å²) in [5, 5.41) is 3.23. The highest BCUT2D eigenvalue weighted by Crippen LogP contribution is 2.26. The van der Waals surface area contributed by atoms with Gasteiger partial charge in [0, 0.05) is 30.8 Å². The van der Waals surface area contributed by atoms with Gasteiger partial charge in [-0.05, 0) is 32.0 Å². The molecule has 1 aliphatic rings. The monoisotopic (exact) mass is 360 g/mol. The van der Waals surface area contributed by atoms with Crippen molar-refractivity contribution in [2.75, 3.05) is 20.1 Å². The van der Waals surface area contributed by atoms with Gasteiger partial charge in [0.1, 0.15) is 5.75 Å². The van der Waals surface area contributed by atoms with Gasteiger partial charge in [-0.3, -0.25) is 4.79 Å². The Hall–Kier alpha value is -2.47. The number of halogens is 2. The van der Waals surface area contributed by atoms with Crippen LogP contribution in [-0.4, -0.2) is 37.0 Å². The van der Waals surface area contributed by atoms with E-state index < -0.39 is 17.7 Å². The van der Waals surface area contributed by atoms with Crippen molar-refractivity contribution in [3.8, 4) is 5.75 Å². The molecule has 1 N–H and O–H groups in total. The lowest BCUT2D eigenvalue weighted by atomic mass is 10.0. The highest BCUT2D eigenvalue weighted by atomic mass is 19.2. The van der Waals surface area contributed by atoms with Crippen molar-refractivity contribution in [1.29, 1.82) is 0 Å². The number of benzene rings is 2. The zero-order chi connectivity index (χ0) is 18.5. The topological polar surface area (TPSA) is 41.6 Å². The lowest BCUT2D eigenvalue weighted by molar-refractivity contribution is -0.140. The molecular weight excluding hydrogens is 338 g/mol. The maximum absolute atomic E-state index is 13.5. The highest BCUT2D eigenvalue weighted by molar-refractivity contribution is 5.82. The van der Waals surface area contributed by atoms with Gasteiger partial charge < -0.3 is 15.0 Å². The van der Waals surface area contributed by atoms with Crippen molar-refractivity contribution in [3.05, 3.63) is 65.7 Å². The molecule has 1 saturated heterocycles. The second-order valence-corrected chi connectivity index (χ2v) is 6.37. The molecule has 0 radical (unpaired) electrons. The van der Waals surface area contributed by atoms with Crippen molar-refractivity contribution < 1.29 is 18.3 Å². The SMILES string of the molecule is CNC1CCN(C(=O)C(Oc2ccc(F)c(F)c2)c2ccccc2)CC1. The fourth-order valence-electron chi connectivity index (χ4n) is 3.13. The summed E-state index contributed by atoms with van der Waals surface area (Å²) >= 11 is 0. The molecule has 0 bridgehead atoms. The molecule has 1 heterocycles. The molecule has 4 nitrogen and oxygen atoms in total. The largest absolute Gasteiger partial charge is 0.476 e. The number of nitrogens with zero attached hydrogens (tertiary/aromatic N) is 1. The molecule has 6 heteroatoms. The van der Waals surface area contributed by atoms with Crippen LogP contribution in [0.4, 0.5) is 8.78 Å². The average molecular weight is 360 g/mol. The van der Waals surface area contributed by atoms with E-state index in [1.54, 1.807) is 17.0 Å². The van der Waals surface area contributed by atoms with E-state index in [-0.39, 0.29) is 11.7 Å². The van der Waals surface area contributed by atoms with E-state index in [1.165, 1.54) is 6.07 Å². The van der Waals surface area contributed by atoms with E-state index >= 15 is 0 Å². The number of ether oxygens (including phenoxy) is 1. The number of piperidine rings is 1. The number of hydrogen-bond acceptors (Lipinski definition) is 3. The Kier molecular flexibility index (Phi) is 5.83. The van der Waals surface area contributed by atoms with Crippen molar-refractivity contribution in [2.24, 2.45) is 0 Å². The summed E-state index contributed by atoms with van der Waals surface area (Å²) in [7, 11) is 1.92. The maximum Gasteiger partial charge on any atom is 0.268 e. The van der Waals surface area contributed by atoms with Gasteiger partial charge in [0.05, 0.1) is 0 Å². The first-order valence-corrected chi connectivity index (χ1v) is 8.71. The van der Waals surface area contributed by atoms with E-state index in [0.29, 0.717) is 24.7 Å². The van der Waals surface area contributed by atoms with E-state index in [9.17, 15) is 13.6 Å². The van der Waals surface area contributed by atoms with Crippen LogP contribution in [0.5, 0.6) is 5.75 Å². The molecule has 1 amide bonds. The quantitative estimate of drug-likeness (QED) is 0.890. The molecule has 0 saturated carbocycles. The number of amides is 1. The number of nitrogens with one attached hydrogen (secondary N) is 1. The van der Waals surface area contributed by atoms with E-state index in [1.807, 2.05) is 25.2 Å². The molecule has 1 atom stereocenters. The van der Waals surface area contributed by atoms with Gasteiger partial charge >= 0.3 is 0 Å². The van der Waals surface area contributed by atoms with Crippen LogP contribution in [0.1, 0.15) is 24.5 Å². The summed E-state index contributed by atoms with van der Waals surface area (Å²) in [6, 6.07) is 12.8. The van der Waals surface area contributed by atoms with Crippen LogP contribution in [0.3, 0.4) is 0 Å². The standard InChI is InChI=1S/C20H22F2N2O2/c1-23-15-9-11-24(12-10-15)20(25)19(14-5-3-2-4-6-14)26-16-7-8-17(21)18(22)13-16/h2-8,13,15,19,23H,9-12H2,1H3. The molecule has 0 aromatic heterocycles. The third-order valence-electron chi connectivity index (χ3n) is 4.69.